The molecule has 0 atom stereocenters. The number of pyridine rings is 2. The minimum absolute atomic E-state index is 0.0199. The number of fused-ring (bicyclic) bond motifs is 1. The molecule has 3 heterocycles. The molecule has 6 nitrogen and oxygen atoms in total. The average Bonchev–Trinajstić information content (AvgIpc) is 3.12. The molecule has 0 fully saturated rings. The molecule has 1 aromatic carbocycles. The van der Waals surface area contributed by atoms with Gasteiger partial charge in [-0.25, -0.2) is 9.97 Å². The molecule has 9 heteroatoms. The molecule has 0 radical (unpaired) electrons. The number of hydrogen-bond donors (Lipinski definition) is 2. The molecule has 2 N–H and O–H groups in total. The van der Waals surface area contributed by atoms with Crippen molar-refractivity contribution < 1.29 is 18.0 Å². The van der Waals surface area contributed by atoms with E-state index in [0.717, 1.165) is 18.5 Å². The fourth-order valence-corrected chi connectivity index (χ4v) is 2.79. The third-order valence-electron chi connectivity index (χ3n) is 4.05. The molecule has 0 aliphatic rings. The molecule has 0 bridgehead atoms. The van der Waals surface area contributed by atoms with Gasteiger partial charge in [-0.15, -0.1) is 0 Å². The Labute approximate surface area is 156 Å². The maximum atomic E-state index is 13.3. The molecule has 1 amide bonds. The minimum Gasteiger partial charge on any atom is -0.338 e. The number of halogens is 3. The lowest BCUT2D eigenvalue weighted by molar-refractivity contribution is -0.137. The first kappa shape index (κ1) is 17.7. The van der Waals surface area contributed by atoms with Crippen LogP contribution in [0.1, 0.15) is 15.9 Å². The number of hydrogen-bond acceptors (Lipinski definition) is 4. The summed E-state index contributed by atoms with van der Waals surface area (Å²) in [5.74, 6) is -0.134. The van der Waals surface area contributed by atoms with Crippen LogP contribution in [0.5, 0.6) is 0 Å². The van der Waals surface area contributed by atoms with E-state index in [4.69, 9.17) is 0 Å². The van der Waals surface area contributed by atoms with Crippen molar-refractivity contribution in [3.8, 4) is 11.4 Å². The second-order valence-electron chi connectivity index (χ2n) is 5.88. The Balaban J connectivity index is 1.78. The number of alkyl halides is 3. The van der Waals surface area contributed by atoms with E-state index >= 15 is 0 Å². The van der Waals surface area contributed by atoms with E-state index in [2.05, 4.69) is 25.3 Å². The molecule has 140 valence electrons. The van der Waals surface area contributed by atoms with Crippen LogP contribution in [0.2, 0.25) is 0 Å². The van der Waals surface area contributed by atoms with Gasteiger partial charge < -0.3 is 10.3 Å². The number of carbonyl (C=O) groups is 1. The summed E-state index contributed by atoms with van der Waals surface area (Å²) in [5.41, 5.74) is -0.157. The summed E-state index contributed by atoms with van der Waals surface area (Å²) in [6, 6.07) is 10.7. The number of carbonyl (C=O) groups excluding carboxylic acids is 1. The largest absolute Gasteiger partial charge is 0.417 e. The molecule has 0 aliphatic heterocycles. The summed E-state index contributed by atoms with van der Waals surface area (Å²) in [5, 5.41) is 2.64. The normalized spacial score (nSPS) is 11.5. The summed E-state index contributed by atoms with van der Waals surface area (Å²) in [6.07, 6.45) is -0.866. The number of amides is 1. The van der Waals surface area contributed by atoms with E-state index in [-0.39, 0.29) is 22.5 Å². The summed E-state index contributed by atoms with van der Waals surface area (Å²) >= 11 is 0. The number of imidazole rings is 1. The van der Waals surface area contributed by atoms with Gasteiger partial charge in [0.25, 0.3) is 5.91 Å². The molecular formula is C19H12F3N5O. The zero-order valence-corrected chi connectivity index (χ0v) is 14.2. The average molecular weight is 383 g/mol. The van der Waals surface area contributed by atoms with Crippen LogP contribution < -0.4 is 5.32 Å². The van der Waals surface area contributed by atoms with E-state index in [9.17, 15) is 18.0 Å². The maximum absolute atomic E-state index is 13.3. The van der Waals surface area contributed by atoms with Crippen LogP contribution in [-0.4, -0.2) is 25.8 Å². The highest BCUT2D eigenvalue weighted by Gasteiger charge is 2.34. The minimum atomic E-state index is -4.56. The molecule has 3 aromatic heterocycles. The molecule has 0 spiro atoms. The van der Waals surface area contributed by atoms with E-state index in [0.29, 0.717) is 11.3 Å². The third kappa shape index (κ3) is 3.29. The van der Waals surface area contributed by atoms with Crippen LogP contribution in [0, 0.1) is 0 Å². The van der Waals surface area contributed by atoms with Gasteiger partial charge in [0.2, 0.25) is 0 Å². The number of para-hydroxylation sites is 1. The Morgan fingerprint density at radius 3 is 2.64 bits per heavy atom. The highest BCUT2D eigenvalue weighted by molar-refractivity contribution is 6.11. The zero-order valence-electron chi connectivity index (χ0n) is 14.2. The summed E-state index contributed by atoms with van der Waals surface area (Å²) in [6.45, 7) is 0. The lowest BCUT2D eigenvalue weighted by Gasteiger charge is -2.09. The molecule has 28 heavy (non-hydrogen) atoms. The molecule has 0 saturated carbocycles. The van der Waals surface area contributed by atoms with Crippen molar-refractivity contribution in [2.45, 2.75) is 6.18 Å². The second kappa shape index (κ2) is 6.76. The van der Waals surface area contributed by atoms with Crippen molar-refractivity contribution in [1.82, 2.24) is 19.9 Å². The van der Waals surface area contributed by atoms with Gasteiger partial charge in [-0.2, -0.15) is 13.2 Å². The quantitative estimate of drug-likeness (QED) is 0.553. The highest BCUT2D eigenvalue weighted by Crippen LogP contribution is 2.36. The Bertz CT molecular complexity index is 1160. The van der Waals surface area contributed by atoms with Crippen molar-refractivity contribution in [3.05, 3.63) is 72.2 Å². The number of rotatable bonds is 3. The molecule has 4 rings (SSSR count). The molecular weight excluding hydrogens is 371 g/mol. The predicted molar refractivity (Wildman–Crippen MR) is 96.5 cm³/mol. The fraction of sp³-hybridized carbons (Fsp3) is 0.0526. The SMILES string of the molecule is O=C(Nc1ccccn1)c1cccc2[nH]c(-c3cnccc3C(F)(F)F)nc12. The van der Waals surface area contributed by atoms with E-state index in [1.807, 2.05) is 0 Å². The Kier molecular flexibility index (Phi) is 4.26. The molecule has 0 unspecified atom stereocenters. The standard InChI is InChI=1S/C19H12F3N5O/c20-19(21,22)13-7-9-23-10-12(13)17-25-14-5-3-4-11(16(14)27-17)18(28)26-15-6-1-2-8-24-15/h1-10H,(H,25,27)(H,24,26,28). The van der Waals surface area contributed by atoms with Gasteiger partial charge in [-0.3, -0.25) is 9.78 Å². The van der Waals surface area contributed by atoms with Crippen molar-refractivity contribution >= 4 is 22.8 Å². The number of anilines is 1. The van der Waals surface area contributed by atoms with Gasteiger partial charge in [0.05, 0.1) is 16.6 Å². The summed E-state index contributed by atoms with van der Waals surface area (Å²) in [7, 11) is 0. The smallest absolute Gasteiger partial charge is 0.338 e. The number of nitrogens with zero attached hydrogens (tertiary/aromatic N) is 3. The van der Waals surface area contributed by atoms with Crippen molar-refractivity contribution in [1.29, 1.82) is 0 Å². The van der Waals surface area contributed by atoms with E-state index < -0.39 is 17.6 Å². The number of H-pyrrole nitrogens is 1. The first-order chi connectivity index (χ1) is 13.4. The first-order valence-electron chi connectivity index (χ1n) is 8.16. The van der Waals surface area contributed by atoms with Crippen LogP contribution in [0.15, 0.2) is 61.1 Å². The van der Waals surface area contributed by atoms with Crippen LogP contribution in [0.25, 0.3) is 22.4 Å². The fourth-order valence-electron chi connectivity index (χ4n) is 2.79. The number of benzene rings is 1. The van der Waals surface area contributed by atoms with Gasteiger partial charge in [0.1, 0.15) is 17.2 Å². The lowest BCUT2D eigenvalue weighted by Crippen LogP contribution is -2.13. The van der Waals surface area contributed by atoms with Crippen molar-refractivity contribution in [2.24, 2.45) is 0 Å². The topological polar surface area (TPSA) is 83.6 Å². The van der Waals surface area contributed by atoms with Crippen LogP contribution >= 0.6 is 0 Å². The Hall–Kier alpha value is -3.75. The monoisotopic (exact) mass is 383 g/mol. The lowest BCUT2D eigenvalue weighted by atomic mass is 10.1. The summed E-state index contributed by atoms with van der Waals surface area (Å²) in [4.78, 5) is 27.5. The maximum Gasteiger partial charge on any atom is 0.417 e. The van der Waals surface area contributed by atoms with Gasteiger partial charge >= 0.3 is 6.18 Å². The Morgan fingerprint density at radius 2 is 1.89 bits per heavy atom. The Morgan fingerprint density at radius 1 is 1.04 bits per heavy atom. The van der Waals surface area contributed by atoms with E-state index in [1.54, 1.807) is 36.4 Å². The number of aromatic amines is 1. The van der Waals surface area contributed by atoms with Crippen molar-refractivity contribution in [3.63, 3.8) is 0 Å². The summed E-state index contributed by atoms with van der Waals surface area (Å²) < 4.78 is 39.9. The molecule has 0 saturated heterocycles. The zero-order chi connectivity index (χ0) is 19.7. The molecule has 4 aromatic rings. The first-order valence-corrected chi connectivity index (χ1v) is 8.16. The van der Waals surface area contributed by atoms with Gasteiger partial charge in [-0.05, 0) is 30.3 Å². The molecule has 0 aliphatic carbocycles. The van der Waals surface area contributed by atoms with Crippen LogP contribution in [-0.2, 0) is 6.18 Å². The van der Waals surface area contributed by atoms with Gasteiger partial charge in [-0.1, -0.05) is 12.1 Å². The van der Waals surface area contributed by atoms with E-state index in [1.165, 1.54) is 6.20 Å². The number of aromatic nitrogens is 4. The predicted octanol–water partition coefficient (Wildman–Crippen LogP) is 4.29. The van der Waals surface area contributed by atoms with Crippen molar-refractivity contribution in [2.75, 3.05) is 5.32 Å². The third-order valence-corrected chi connectivity index (χ3v) is 4.05. The van der Waals surface area contributed by atoms with Gasteiger partial charge in [0, 0.05) is 24.2 Å². The van der Waals surface area contributed by atoms with Crippen LogP contribution in [0.3, 0.4) is 0 Å². The number of nitrogens with one attached hydrogen (secondary N) is 2. The van der Waals surface area contributed by atoms with Gasteiger partial charge in [0.15, 0.2) is 0 Å². The highest BCUT2D eigenvalue weighted by atomic mass is 19.4. The second-order valence-corrected chi connectivity index (χ2v) is 5.88. The van der Waals surface area contributed by atoms with Crippen LogP contribution in [0.4, 0.5) is 19.0 Å².